The van der Waals surface area contributed by atoms with E-state index in [1.165, 1.54) is 0 Å². The van der Waals surface area contributed by atoms with Crippen LogP contribution < -0.4 is 0 Å². The van der Waals surface area contributed by atoms with Crippen LogP contribution in [0.1, 0.15) is 5.69 Å². The summed E-state index contributed by atoms with van der Waals surface area (Å²) in [6, 6.07) is 4.03. The lowest BCUT2D eigenvalue weighted by Gasteiger charge is -2.00. The summed E-state index contributed by atoms with van der Waals surface area (Å²) in [6.07, 6.45) is 1.88. The molecule has 0 aliphatic carbocycles. The first-order valence-electron chi connectivity index (χ1n) is 3.61. The lowest BCUT2D eigenvalue weighted by atomic mass is 10.4. The molecule has 0 saturated carbocycles. The predicted molar refractivity (Wildman–Crippen MR) is 57.6 cm³/mol. The normalized spacial score (nSPS) is 9.83. The lowest BCUT2D eigenvalue weighted by molar-refractivity contribution is 1.05. The summed E-state index contributed by atoms with van der Waals surface area (Å²) >= 11 is 5.10. The number of aromatic nitrogens is 1. The van der Waals surface area contributed by atoms with Gasteiger partial charge in [0, 0.05) is 10.2 Å². The van der Waals surface area contributed by atoms with E-state index in [9.17, 15) is 0 Å². The van der Waals surface area contributed by atoms with Crippen LogP contribution in [0, 0.1) is 6.92 Å². The van der Waals surface area contributed by atoms with Crippen LogP contribution in [-0.4, -0.2) is 10.7 Å². The van der Waals surface area contributed by atoms with E-state index in [2.05, 4.69) is 27.5 Å². The summed E-state index contributed by atoms with van der Waals surface area (Å²) in [5.41, 5.74) is 1.03. The van der Waals surface area contributed by atoms with E-state index < -0.39 is 0 Å². The van der Waals surface area contributed by atoms with Crippen LogP contribution in [0.5, 0.6) is 0 Å². The van der Waals surface area contributed by atoms with Crippen molar-refractivity contribution in [1.29, 1.82) is 0 Å². The lowest BCUT2D eigenvalue weighted by Crippen LogP contribution is -1.85. The highest BCUT2D eigenvalue weighted by molar-refractivity contribution is 9.10. The van der Waals surface area contributed by atoms with Gasteiger partial charge in [0.05, 0.1) is 10.7 Å². The van der Waals surface area contributed by atoms with Crippen molar-refractivity contribution in [1.82, 2.24) is 4.98 Å². The van der Waals surface area contributed by atoms with Gasteiger partial charge in [-0.05, 0) is 35.0 Å². The number of pyridine rings is 1. The average Bonchev–Trinajstić information content (AvgIpc) is 2.07. The van der Waals surface area contributed by atoms with Crippen LogP contribution in [0.3, 0.4) is 0 Å². The largest absolute Gasteiger partial charge is 0.246 e. The second-order valence-corrected chi connectivity index (χ2v) is 4.21. The molecule has 3 heteroatoms. The van der Waals surface area contributed by atoms with Gasteiger partial charge in [-0.2, -0.15) is 0 Å². The molecular formula is C9H10BrNS. The molecule has 0 radical (unpaired) electrons. The van der Waals surface area contributed by atoms with Crippen LogP contribution >= 0.6 is 27.7 Å². The van der Waals surface area contributed by atoms with E-state index in [1.807, 2.05) is 25.1 Å². The van der Waals surface area contributed by atoms with Crippen molar-refractivity contribution in [3.05, 3.63) is 35.0 Å². The number of nitrogens with zero attached hydrogens (tertiary/aromatic N) is 1. The van der Waals surface area contributed by atoms with Gasteiger partial charge in [0.1, 0.15) is 0 Å². The van der Waals surface area contributed by atoms with Crippen molar-refractivity contribution in [2.45, 2.75) is 11.9 Å². The van der Waals surface area contributed by atoms with Crippen molar-refractivity contribution in [2.24, 2.45) is 0 Å². The van der Waals surface area contributed by atoms with Gasteiger partial charge in [-0.15, -0.1) is 18.3 Å². The standard InChI is InChI=1S/C9H10BrNS/c1-3-6-12-9-5-4-8(10)7(2)11-9/h3-5H,1,6H2,2H3. The average molecular weight is 244 g/mol. The highest BCUT2D eigenvalue weighted by Crippen LogP contribution is 2.20. The predicted octanol–water partition coefficient (Wildman–Crippen LogP) is 3.43. The zero-order chi connectivity index (χ0) is 8.97. The summed E-state index contributed by atoms with van der Waals surface area (Å²) in [5, 5.41) is 1.05. The maximum Gasteiger partial charge on any atom is 0.0966 e. The summed E-state index contributed by atoms with van der Waals surface area (Å²) in [5.74, 6) is 0.911. The molecule has 0 aliphatic rings. The van der Waals surface area contributed by atoms with Crippen LogP contribution in [0.25, 0.3) is 0 Å². The van der Waals surface area contributed by atoms with Gasteiger partial charge in [-0.3, -0.25) is 0 Å². The number of halogens is 1. The molecule has 64 valence electrons. The molecular weight excluding hydrogens is 234 g/mol. The zero-order valence-electron chi connectivity index (χ0n) is 6.88. The third-order valence-corrected chi connectivity index (χ3v) is 3.11. The van der Waals surface area contributed by atoms with Gasteiger partial charge < -0.3 is 0 Å². The van der Waals surface area contributed by atoms with E-state index in [0.717, 1.165) is 20.9 Å². The molecule has 12 heavy (non-hydrogen) atoms. The SMILES string of the molecule is C=CCSc1ccc(Br)c(C)n1. The Morgan fingerprint density at radius 3 is 3.00 bits per heavy atom. The van der Waals surface area contributed by atoms with Crippen molar-refractivity contribution in [3.63, 3.8) is 0 Å². The fraction of sp³-hybridized carbons (Fsp3) is 0.222. The molecule has 0 spiro atoms. The van der Waals surface area contributed by atoms with Gasteiger partial charge >= 0.3 is 0 Å². The molecule has 0 amide bonds. The van der Waals surface area contributed by atoms with Crippen LogP contribution in [0.4, 0.5) is 0 Å². The Bertz CT molecular complexity index is 286. The first kappa shape index (κ1) is 9.81. The Balaban J connectivity index is 2.75. The number of rotatable bonds is 3. The minimum atomic E-state index is 0.911. The number of thioether (sulfide) groups is 1. The molecule has 1 aromatic rings. The van der Waals surface area contributed by atoms with Crippen LogP contribution in [0.2, 0.25) is 0 Å². The molecule has 1 nitrogen and oxygen atoms in total. The first-order chi connectivity index (χ1) is 5.74. The van der Waals surface area contributed by atoms with E-state index in [-0.39, 0.29) is 0 Å². The molecule has 0 atom stereocenters. The summed E-state index contributed by atoms with van der Waals surface area (Å²) in [7, 11) is 0. The second kappa shape index (κ2) is 4.67. The van der Waals surface area contributed by atoms with Crippen molar-refractivity contribution in [3.8, 4) is 0 Å². The van der Waals surface area contributed by atoms with E-state index >= 15 is 0 Å². The minimum Gasteiger partial charge on any atom is -0.246 e. The van der Waals surface area contributed by atoms with E-state index in [1.54, 1.807) is 11.8 Å². The Kier molecular flexibility index (Phi) is 3.82. The van der Waals surface area contributed by atoms with Gasteiger partial charge in [-0.1, -0.05) is 6.08 Å². The quantitative estimate of drug-likeness (QED) is 0.596. The molecule has 0 bridgehead atoms. The molecule has 1 heterocycles. The Morgan fingerprint density at radius 1 is 1.67 bits per heavy atom. The number of aryl methyl sites for hydroxylation is 1. The molecule has 0 aromatic carbocycles. The fourth-order valence-corrected chi connectivity index (χ4v) is 1.62. The maximum absolute atomic E-state index is 4.38. The van der Waals surface area contributed by atoms with Gasteiger partial charge in [0.25, 0.3) is 0 Å². The summed E-state index contributed by atoms with van der Waals surface area (Å²) in [4.78, 5) is 4.38. The summed E-state index contributed by atoms with van der Waals surface area (Å²) < 4.78 is 1.06. The maximum atomic E-state index is 4.38. The summed E-state index contributed by atoms with van der Waals surface area (Å²) in [6.45, 7) is 5.65. The highest BCUT2D eigenvalue weighted by Gasteiger charge is 1.97. The molecule has 0 saturated heterocycles. The topological polar surface area (TPSA) is 12.9 Å². The molecule has 0 unspecified atom stereocenters. The van der Waals surface area contributed by atoms with Gasteiger partial charge in [0.2, 0.25) is 0 Å². The Morgan fingerprint density at radius 2 is 2.42 bits per heavy atom. The molecule has 1 rings (SSSR count). The van der Waals surface area contributed by atoms with Gasteiger partial charge in [0.15, 0.2) is 0 Å². The van der Waals surface area contributed by atoms with E-state index in [0.29, 0.717) is 0 Å². The zero-order valence-corrected chi connectivity index (χ0v) is 9.28. The Hall–Kier alpha value is -0.280. The monoisotopic (exact) mass is 243 g/mol. The van der Waals surface area contributed by atoms with Crippen molar-refractivity contribution >= 4 is 27.7 Å². The van der Waals surface area contributed by atoms with Crippen molar-refractivity contribution < 1.29 is 0 Å². The fourth-order valence-electron chi connectivity index (χ4n) is 0.746. The number of hydrogen-bond donors (Lipinski definition) is 0. The highest BCUT2D eigenvalue weighted by atomic mass is 79.9. The third kappa shape index (κ3) is 2.64. The second-order valence-electron chi connectivity index (χ2n) is 2.32. The first-order valence-corrected chi connectivity index (χ1v) is 5.38. The number of hydrogen-bond acceptors (Lipinski definition) is 2. The van der Waals surface area contributed by atoms with Crippen LogP contribution in [0.15, 0.2) is 34.3 Å². The Labute approximate surface area is 85.4 Å². The molecule has 1 aromatic heterocycles. The smallest absolute Gasteiger partial charge is 0.0966 e. The van der Waals surface area contributed by atoms with Crippen LogP contribution in [-0.2, 0) is 0 Å². The third-order valence-electron chi connectivity index (χ3n) is 1.34. The molecule has 0 aliphatic heterocycles. The van der Waals surface area contributed by atoms with Gasteiger partial charge in [-0.25, -0.2) is 4.98 Å². The van der Waals surface area contributed by atoms with Crippen molar-refractivity contribution in [2.75, 3.05) is 5.75 Å². The minimum absolute atomic E-state index is 0.911. The molecule has 0 N–H and O–H groups in total. The molecule has 0 fully saturated rings. The van der Waals surface area contributed by atoms with E-state index in [4.69, 9.17) is 0 Å².